The molecule has 1 N–H and O–H groups in total. The largest absolute Gasteiger partial charge is 0.439 e. The highest BCUT2D eigenvalue weighted by atomic mass is 19.1. The maximum Gasteiger partial charge on any atom is 0.224 e. The van der Waals surface area contributed by atoms with Gasteiger partial charge in [0.25, 0.3) is 0 Å². The number of nitrogens with one attached hydrogen (secondary N) is 1. The second kappa shape index (κ2) is 5.45. The van der Waals surface area contributed by atoms with E-state index in [1.807, 2.05) is 20.8 Å². The number of hydrogen-bond acceptors (Lipinski definition) is 4. The summed E-state index contributed by atoms with van der Waals surface area (Å²) in [4.78, 5) is 8.82. The molecule has 5 heteroatoms. The Morgan fingerprint density at radius 2 is 1.75 bits per heavy atom. The summed E-state index contributed by atoms with van der Waals surface area (Å²) in [7, 11) is 1.79. The number of benzene rings is 1. The van der Waals surface area contributed by atoms with Gasteiger partial charge >= 0.3 is 0 Å². The van der Waals surface area contributed by atoms with Crippen LogP contribution in [0.4, 0.5) is 10.2 Å². The van der Waals surface area contributed by atoms with Gasteiger partial charge in [0.05, 0.1) is 0 Å². The van der Waals surface area contributed by atoms with Crippen LogP contribution in [0.5, 0.6) is 11.6 Å². The van der Waals surface area contributed by atoms with Gasteiger partial charge in [0, 0.05) is 18.5 Å². The van der Waals surface area contributed by atoms with Crippen LogP contribution in [0.25, 0.3) is 0 Å². The molecule has 0 radical (unpaired) electrons. The molecule has 0 spiro atoms. The van der Waals surface area contributed by atoms with Gasteiger partial charge < -0.3 is 10.1 Å². The summed E-state index contributed by atoms with van der Waals surface area (Å²) in [5, 5.41) is 2.98. The molecule has 1 aromatic heterocycles. The molecule has 4 nitrogen and oxygen atoms in total. The van der Waals surface area contributed by atoms with Gasteiger partial charge in [-0.05, 0) is 24.3 Å². The Bertz CT molecular complexity index is 591. The van der Waals surface area contributed by atoms with Crippen molar-refractivity contribution in [1.29, 1.82) is 0 Å². The summed E-state index contributed by atoms with van der Waals surface area (Å²) in [5.41, 5.74) is -0.187. The third-order valence-corrected chi connectivity index (χ3v) is 2.67. The Balaban J connectivity index is 2.33. The van der Waals surface area contributed by atoms with E-state index in [2.05, 4.69) is 15.3 Å². The van der Waals surface area contributed by atoms with Crippen molar-refractivity contribution in [3.05, 3.63) is 42.0 Å². The highest BCUT2D eigenvalue weighted by Crippen LogP contribution is 2.26. The molecule has 0 unspecified atom stereocenters. The van der Waals surface area contributed by atoms with Crippen LogP contribution in [0.15, 0.2) is 30.3 Å². The van der Waals surface area contributed by atoms with Crippen LogP contribution < -0.4 is 10.1 Å². The lowest BCUT2D eigenvalue weighted by Gasteiger charge is -2.18. The molecule has 1 aromatic carbocycles. The van der Waals surface area contributed by atoms with E-state index in [9.17, 15) is 4.39 Å². The Morgan fingerprint density at radius 1 is 1.10 bits per heavy atom. The zero-order valence-corrected chi connectivity index (χ0v) is 12.1. The van der Waals surface area contributed by atoms with Gasteiger partial charge in [-0.1, -0.05) is 20.8 Å². The van der Waals surface area contributed by atoms with Crippen LogP contribution >= 0.6 is 0 Å². The smallest absolute Gasteiger partial charge is 0.224 e. The first-order valence-electron chi connectivity index (χ1n) is 6.39. The van der Waals surface area contributed by atoms with Crippen molar-refractivity contribution in [3.63, 3.8) is 0 Å². The average molecular weight is 275 g/mol. The number of aromatic nitrogens is 2. The molecule has 0 amide bonds. The maximum absolute atomic E-state index is 12.9. The molecule has 0 bridgehead atoms. The quantitative estimate of drug-likeness (QED) is 0.926. The molecule has 0 saturated carbocycles. The van der Waals surface area contributed by atoms with E-state index in [0.29, 0.717) is 23.3 Å². The first-order valence-corrected chi connectivity index (χ1v) is 6.39. The van der Waals surface area contributed by atoms with Gasteiger partial charge in [0.15, 0.2) is 0 Å². The molecule has 20 heavy (non-hydrogen) atoms. The molecule has 0 aliphatic heterocycles. The number of rotatable bonds is 3. The molecule has 0 atom stereocenters. The standard InChI is InChI=1S/C15H18FN3O/c1-15(2,3)14-18-12(17-4)9-13(19-14)20-11-7-5-10(16)6-8-11/h5-9H,1-4H3,(H,17,18,19). The van der Waals surface area contributed by atoms with Crippen molar-refractivity contribution in [2.45, 2.75) is 26.2 Å². The lowest BCUT2D eigenvalue weighted by Crippen LogP contribution is -2.17. The van der Waals surface area contributed by atoms with E-state index in [4.69, 9.17) is 4.74 Å². The van der Waals surface area contributed by atoms with E-state index in [1.165, 1.54) is 12.1 Å². The highest BCUT2D eigenvalue weighted by Gasteiger charge is 2.19. The summed E-state index contributed by atoms with van der Waals surface area (Å²) in [6, 6.07) is 7.53. The van der Waals surface area contributed by atoms with E-state index >= 15 is 0 Å². The number of anilines is 1. The summed E-state index contributed by atoms with van der Waals surface area (Å²) in [5.74, 6) is 2.03. The SMILES string of the molecule is CNc1cc(Oc2ccc(F)cc2)nc(C(C)(C)C)n1. The molecule has 2 aromatic rings. The fraction of sp³-hybridized carbons (Fsp3) is 0.333. The first-order chi connectivity index (χ1) is 9.38. The molecule has 0 aliphatic carbocycles. The summed E-state index contributed by atoms with van der Waals surface area (Å²) >= 11 is 0. The van der Waals surface area contributed by atoms with Crippen molar-refractivity contribution < 1.29 is 9.13 Å². The lowest BCUT2D eigenvalue weighted by atomic mass is 9.96. The van der Waals surface area contributed by atoms with Crippen molar-refractivity contribution in [3.8, 4) is 11.6 Å². The Hall–Kier alpha value is -2.17. The van der Waals surface area contributed by atoms with Crippen molar-refractivity contribution >= 4 is 5.82 Å². The second-order valence-electron chi connectivity index (χ2n) is 5.47. The summed E-state index contributed by atoms with van der Waals surface area (Å²) in [6.45, 7) is 6.09. The van der Waals surface area contributed by atoms with Crippen molar-refractivity contribution in [2.24, 2.45) is 0 Å². The fourth-order valence-electron chi connectivity index (χ4n) is 1.56. The molecular weight excluding hydrogens is 257 g/mol. The van der Waals surface area contributed by atoms with Crippen LogP contribution in [-0.2, 0) is 5.41 Å². The Labute approximate surface area is 118 Å². The minimum atomic E-state index is -0.300. The minimum Gasteiger partial charge on any atom is -0.439 e. The van der Waals surface area contributed by atoms with Gasteiger partial charge in [-0.15, -0.1) is 0 Å². The number of ether oxygens (including phenoxy) is 1. The van der Waals surface area contributed by atoms with Gasteiger partial charge in [-0.2, -0.15) is 4.98 Å². The van der Waals surface area contributed by atoms with E-state index in [0.717, 1.165) is 0 Å². The molecule has 0 saturated heterocycles. The Kier molecular flexibility index (Phi) is 3.88. The third-order valence-electron chi connectivity index (χ3n) is 2.67. The van der Waals surface area contributed by atoms with Crippen LogP contribution in [0, 0.1) is 5.82 Å². The lowest BCUT2D eigenvalue weighted by molar-refractivity contribution is 0.445. The third kappa shape index (κ3) is 3.44. The zero-order chi connectivity index (χ0) is 14.8. The predicted molar refractivity (Wildman–Crippen MR) is 76.8 cm³/mol. The van der Waals surface area contributed by atoms with Gasteiger partial charge in [-0.25, -0.2) is 9.37 Å². The molecule has 106 valence electrons. The highest BCUT2D eigenvalue weighted by molar-refractivity contribution is 5.40. The number of nitrogens with zero attached hydrogens (tertiary/aromatic N) is 2. The van der Waals surface area contributed by atoms with E-state index in [1.54, 1.807) is 25.2 Å². The molecular formula is C15H18FN3O. The van der Waals surface area contributed by atoms with Crippen LogP contribution in [0.2, 0.25) is 0 Å². The normalized spacial score (nSPS) is 11.2. The predicted octanol–water partition coefficient (Wildman–Crippen LogP) is 3.75. The van der Waals surface area contributed by atoms with Crippen LogP contribution in [-0.4, -0.2) is 17.0 Å². The fourth-order valence-corrected chi connectivity index (χ4v) is 1.56. The van der Waals surface area contributed by atoms with Crippen molar-refractivity contribution in [2.75, 3.05) is 12.4 Å². The molecule has 0 aliphatic rings. The minimum absolute atomic E-state index is 0.187. The molecule has 1 heterocycles. The number of halogens is 1. The average Bonchev–Trinajstić information content (AvgIpc) is 2.40. The second-order valence-corrected chi connectivity index (χ2v) is 5.47. The van der Waals surface area contributed by atoms with Crippen LogP contribution in [0.1, 0.15) is 26.6 Å². The van der Waals surface area contributed by atoms with E-state index < -0.39 is 0 Å². The van der Waals surface area contributed by atoms with Gasteiger partial charge in [0.1, 0.15) is 23.2 Å². The van der Waals surface area contributed by atoms with Gasteiger partial charge in [0.2, 0.25) is 5.88 Å². The van der Waals surface area contributed by atoms with Crippen molar-refractivity contribution in [1.82, 2.24) is 9.97 Å². The number of hydrogen-bond donors (Lipinski definition) is 1. The monoisotopic (exact) mass is 275 g/mol. The topological polar surface area (TPSA) is 47.0 Å². The maximum atomic E-state index is 12.9. The van der Waals surface area contributed by atoms with Crippen LogP contribution in [0.3, 0.4) is 0 Å². The molecule has 2 rings (SSSR count). The Morgan fingerprint density at radius 3 is 2.30 bits per heavy atom. The van der Waals surface area contributed by atoms with Gasteiger partial charge in [-0.3, -0.25) is 0 Å². The summed E-state index contributed by atoms with van der Waals surface area (Å²) in [6.07, 6.45) is 0. The zero-order valence-electron chi connectivity index (χ0n) is 12.1. The first kappa shape index (κ1) is 14.2. The summed E-state index contributed by atoms with van der Waals surface area (Å²) < 4.78 is 18.5. The van der Waals surface area contributed by atoms with E-state index in [-0.39, 0.29) is 11.2 Å². The molecule has 0 fully saturated rings.